The van der Waals surface area contributed by atoms with Crippen LogP contribution in [0.2, 0.25) is 0 Å². The monoisotopic (exact) mass is 474 g/mol. The summed E-state index contributed by atoms with van der Waals surface area (Å²) in [5.41, 5.74) is 3.32. The fourth-order valence-electron chi connectivity index (χ4n) is 3.94. The molecule has 0 radical (unpaired) electrons. The van der Waals surface area contributed by atoms with E-state index in [2.05, 4.69) is 5.32 Å². The first-order valence-corrected chi connectivity index (χ1v) is 11.9. The van der Waals surface area contributed by atoms with Crippen LogP contribution in [0.25, 0.3) is 0 Å². The van der Waals surface area contributed by atoms with Crippen LogP contribution in [0.3, 0.4) is 0 Å². The Balaban J connectivity index is 1.33. The molecule has 0 bridgehead atoms. The highest BCUT2D eigenvalue weighted by Gasteiger charge is 2.25. The zero-order valence-corrected chi connectivity index (χ0v) is 20.1. The number of hydrogen-bond acceptors (Lipinski definition) is 5. The predicted molar refractivity (Wildman–Crippen MR) is 134 cm³/mol. The molecule has 4 rings (SSSR count). The topological polar surface area (TPSA) is 77.1 Å². The van der Waals surface area contributed by atoms with Gasteiger partial charge in [-0.1, -0.05) is 30.3 Å². The Bertz CT molecular complexity index is 1180. The molecule has 0 atom stereocenters. The van der Waals surface area contributed by atoms with Gasteiger partial charge in [0, 0.05) is 12.1 Å². The SMILES string of the molecule is CCOc1ccc(CCNC(=O)c2ccc(CN3C(=O)COc4ccccc43)cc2)cc1OCC. The van der Waals surface area contributed by atoms with Gasteiger partial charge in [-0.2, -0.15) is 0 Å². The van der Waals surface area contributed by atoms with Crippen molar-refractivity contribution in [1.82, 2.24) is 5.32 Å². The van der Waals surface area contributed by atoms with Crippen molar-refractivity contribution >= 4 is 17.5 Å². The molecule has 1 aliphatic heterocycles. The standard InChI is InChI=1S/C28H30N2O5/c1-3-33-25-14-11-20(17-26(25)34-4-2)15-16-29-28(32)22-12-9-21(10-13-22)18-30-23-7-5-6-8-24(23)35-19-27(30)31/h5-14,17H,3-4,15-16,18-19H2,1-2H3,(H,29,32). The van der Waals surface area contributed by atoms with Crippen LogP contribution < -0.4 is 24.4 Å². The summed E-state index contributed by atoms with van der Waals surface area (Å²) in [6.07, 6.45) is 0.675. The molecule has 0 saturated carbocycles. The molecule has 0 unspecified atom stereocenters. The van der Waals surface area contributed by atoms with Crippen LogP contribution in [-0.4, -0.2) is 38.2 Å². The summed E-state index contributed by atoms with van der Waals surface area (Å²) in [6.45, 7) is 5.95. The van der Waals surface area contributed by atoms with Crippen molar-refractivity contribution in [2.24, 2.45) is 0 Å². The number of benzene rings is 3. The van der Waals surface area contributed by atoms with Crippen LogP contribution in [-0.2, 0) is 17.8 Å². The number of carbonyl (C=O) groups is 2. The summed E-state index contributed by atoms with van der Waals surface area (Å²) in [5.74, 6) is 1.91. The van der Waals surface area contributed by atoms with Gasteiger partial charge in [-0.15, -0.1) is 0 Å². The molecule has 1 heterocycles. The Kier molecular flexibility index (Phi) is 7.88. The number of amides is 2. The number of carbonyl (C=O) groups excluding carboxylic acids is 2. The van der Waals surface area contributed by atoms with Gasteiger partial charge < -0.3 is 24.4 Å². The Morgan fingerprint density at radius 2 is 1.66 bits per heavy atom. The molecule has 35 heavy (non-hydrogen) atoms. The lowest BCUT2D eigenvalue weighted by Crippen LogP contribution is -2.38. The number of rotatable bonds is 10. The van der Waals surface area contributed by atoms with Crippen LogP contribution in [0.1, 0.15) is 35.3 Å². The molecule has 0 spiro atoms. The van der Waals surface area contributed by atoms with Gasteiger partial charge >= 0.3 is 0 Å². The molecule has 3 aromatic carbocycles. The lowest BCUT2D eigenvalue weighted by molar-refractivity contribution is -0.121. The maximum absolute atomic E-state index is 12.6. The van der Waals surface area contributed by atoms with E-state index in [4.69, 9.17) is 14.2 Å². The van der Waals surface area contributed by atoms with Gasteiger partial charge in [0.15, 0.2) is 18.1 Å². The number of nitrogens with one attached hydrogen (secondary N) is 1. The Labute approximate surface area is 205 Å². The van der Waals surface area contributed by atoms with E-state index in [1.807, 2.05) is 68.4 Å². The molecule has 1 aliphatic rings. The lowest BCUT2D eigenvalue weighted by Gasteiger charge is -2.29. The van der Waals surface area contributed by atoms with Crippen molar-refractivity contribution in [1.29, 1.82) is 0 Å². The van der Waals surface area contributed by atoms with Crippen molar-refractivity contribution < 1.29 is 23.8 Å². The molecule has 2 amide bonds. The van der Waals surface area contributed by atoms with E-state index in [-0.39, 0.29) is 18.4 Å². The number of fused-ring (bicyclic) bond motifs is 1. The normalized spacial score (nSPS) is 12.5. The average Bonchev–Trinajstić information content (AvgIpc) is 2.88. The van der Waals surface area contributed by atoms with Crippen LogP contribution in [0, 0.1) is 0 Å². The quantitative estimate of drug-likeness (QED) is 0.472. The number of para-hydroxylation sites is 2. The number of anilines is 1. The maximum Gasteiger partial charge on any atom is 0.265 e. The van der Waals surface area contributed by atoms with Crippen molar-refractivity contribution in [3.8, 4) is 17.2 Å². The van der Waals surface area contributed by atoms with Gasteiger partial charge in [-0.3, -0.25) is 9.59 Å². The summed E-state index contributed by atoms with van der Waals surface area (Å²) in [4.78, 5) is 26.7. The van der Waals surface area contributed by atoms with E-state index in [0.29, 0.717) is 44.0 Å². The van der Waals surface area contributed by atoms with Gasteiger partial charge in [-0.05, 0) is 67.8 Å². The highest BCUT2D eigenvalue weighted by atomic mass is 16.5. The molecule has 182 valence electrons. The smallest absolute Gasteiger partial charge is 0.265 e. The summed E-state index contributed by atoms with van der Waals surface area (Å²) < 4.78 is 16.8. The Morgan fingerprint density at radius 3 is 2.43 bits per heavy atom. The lowest BCUT2D eigenvalue weighted by atomic mass is 10.1. The van der Waals surface area contributed by atoms with Crippen molar-refractivity contribution in [3.05, 3.63) is 83.4 Å². The third-order valence-corrected chi connectivity index (χ3v) is 5.67. The molecule has 3 aromatic rings. The zero-order chi connectivity index (χ0) is 24.6. The van der Waals surface area contributed by atoms with Gasteiger partial charge in [0.05, 0.1) is 25.4 Å². The first-order valence-electron chi connectivity index (χ1n) is 11.9. The highest BCUT2D eigenvalue weighted by molar-refractivity contribution is 5.98. The summed E-state index contributed by atoms with van der Waals surface area (Å²) >= 11 is 0. The van der Waals surface area contributed by atoms with Gasteiger partial charge in [0.25, 0.3) is 11.8 Å². The Morgan fingerprint density at radius 1 is 0.943 bits per heavy atom. The van der Waals surface area contributed by atoms with Crippen molar-refractivity contribution in [3.63, 3.8) is 0 Å². The fourth-order valence-corrected chi connectivity index (χ4v) is 3.94. The molecule has 0 aromatic heterocycles. The van der Waals surface area contributed by atoms with E-state index in [9.17, 15) is 9.59 Å². The summed E-state index contributed by atoms with van der Waals surface area (Å²) in [7, 11) is 0. The number of hydrogen-bond donors (Lipinski definition) is 1. The van der Waals surface area contributed by atoms with Gasteiger partial charge in [0.2, 0.25) is 0 Å². The van der Waals surface area contributed by atoms with Crippen molar-refractivity contribution in [2.75, 3.05) is 31.3 Å². The van der Waals surface area contributed by atoms with Crippen LogP contribution in [0.15, 0.2) is 66.7 Å². The van der Waals surface area contributed by atoms with Crippen LogP contribution in [0.4, 0.5) is 5.69 Å². The minimum Gasteiger partial charge on any atom is -0.490 e. The predicted octanol–water partition coefficient (Wildman–Crippen LogP) is 4.38. The molecule has 0 aliphatic carbocycles. The summed E-state index contributed by atoms with van der Waals surface area (Å²) in [6, 6.07) is 20.7. The van der Waals surface area contributed by atoms with E-state index in [1.54, 1.807) is 17.0 Å². The average molecular weight is 475 g/mol. The minimum absolute atomic E-state index is 0.0257. The van der Waals surface area contributed by atoms with E-state index < -0.39 is 0 Å². The molecular weight excluding hydrogens is 444 g/mol. The zero-order valence-electron chi connectivity index (χ0n) is 20.1. The van der Waals surface area contributed by atoms with E-state index in [0.717, 1.165) is 28.3 Å². The molecule has 7 nitrogen and oxygen atoms in total. The third kappa shape index (κ3) is 5.93. The highest BCUT2D eigenvalue weighted by Crippen LogP contribution is 2.32. The molecule has 1 N–H and O–H groups in total. The number of ether oxygens (including phenoxy) is 3. The third-order valence-electron chi connectivity index (χ3n) is 5.67. The Hall–Kier alpha value is -4.00. The van der Waals surface area contributed by atoms with E-state index >= 15 is 0 Å². The number of nitrogens with zero attached hydrogens (tertiary/aromatic N) is 1. The molecule has 0 saturated heterocycles. The first-order chi connectivity index (χ1) is 17.1. The van der Waals surface area contributed by atoms with Crippen molar-refractivity contribution in [2.45, 2.75) is 26.8 Å². The largest absolute Gasteiger partial charge is 0.490 e. The fraction of sp³-hybridized carbons (Fsp3) is 0.286. The maximum atomic E-state index is 12.6. The van der Waals surface area contributed by atoms with Gasteiger partial charge in [0.1, 0.15) is 5.75 Å². The van der Waals surface area contributed by atoms with E-state index in [1.165, 1.54) is 0 Å². The minimum atomic E-state index is -0.139. The van der Waals surface area contributed by atoms with Crippen LogP contribution in [0.5, 0.6) is 17.2 Å². The second-order valence-electron chi connectivity index (χ2n) is 8.09. The molecular formula is C28H30N2O5. The van der Waals surface area contributed by atoms with Crippen LogP contribution >= 0.6 is 0 Å². The summed E-state index contributed by atoms with van der Waals surface area (Å²) in [5, 5.41) is 2.97. The molecule has 0 fully saturated rings. The first kappa shape index (κ1) is 24.1. The van der Waals surface area contributed by atoms with Gasteiger partial charge in [-0.25, -0.2) is 0 Å². The second-order valence-corrected chi connectivity index (χ2v) is 8.09. The second kappa shape index (κ2) is 11.4. The molecule has 7 heteroatoms.